The number of carbonyl (C=O) groups excluding carboxylic acids is 1. The highest BCUT2D eigenvalue weighted by Gasteiger charge is 2.44. The molecule has 9 nitrogen and oxygen atoms in total. The summed E-state index contributed by atoms with van der Waals surface area (Å²) in [5.41, 5.74) is 0. The smallest absolute Gasteiger partial charge is 0.220 e. The van der Waals surface area contributed by atoms with Crippen LogP contribution in [-0.2, 0) is 14.3 Å². The van der Waals surface area contributed by atoms with Crippen LogP contribution in [0.5, 0.6) is 0 Å². The Kier molecular flexibility index (Phi) is 22.7. The van der Waals surface area contributed by atoms with Crippen LogP contribution >= 0.6 is 0 Å². The summed E-state index contributed by atoms with van der Waals surface area (Å²) < 4.78 is 11.1. The molecular weight excluding hydrogens is 538 g/mol. The summed E-state index contributed by atoms with van der Waals surface area (Å²) in [7, 11) is 0. The maximum Gasteiger partial charge on any atom is 0.220 e. The molecule has 1 rings (SSSR count). The fourth-order valence-corrected chi connectivity index (χ4v) is 4.66. The van der Waals surface area contributed by atoms with Crippen LogP contribution in [0.3, 0.4) is 0 Å². The minimum atomic E-state index is -1.57. The molecule has 0 aromatic heterocycles. The van der Waals surface area contributed by atoms with Crippen LogP contribution in [0, 0.1) is 0 Å². The first kappa shape index (κ1) is 38.4. The van der Waals surface area contributed by atoms with Crippen LogP contribution < -0.4 is 5.32 Å². The van der Waals surface area contributed by atoms with Gasteiger partial charge in [-0.15, -0.1) is 0 Å². The largest absolute Gasteiger partial charge is 0.394 e. The number of ether oxygens (including phenoxy) is 2. The predicted molar refractivity (Wildman–Crippen MR) is 166 cm³/mol. The summed E-state index contributed by atoms with van der Waals surface area (Å²) in [4.78, 5) is 12.7. The second-order valence-corrected chi connectivity index (χ2v) is 11.2. The molecule has 6 N–H and O–H groups in total. The van der Waals surface area contributed by atoms with Gasteiger partial charge in [0.2, 0.25) is 5.91 Å². The molecule has 0 radical (unpaired) electrons. The number of unbranched alkanes of at least 4 members (excludes halogenated alkanes) is 10. The standard InChI is InChI=1S/C33H59NO8/c1-3-5-7-9-11-13-14-15-17-19-21-23-29(37)34-26(27(36)22-20-18-16-12-10-8-6-4-2)25-41-33-32(40)31(39)30(38)28(24-35)42-33/h9-12,20,22,26-28,30-33,35-36,38-40H,3-8,13-19,21,23-25H2,1-2H3,(H,34,37)/b11-9-,12-10+,22-20+. The highest BCUT2D eigenvalue weighted by molar-refractivity contribution is 5.76. The second kappa shape index (κ2) is 24.8. The maximum atomic E-state index is 12.7. The van der Waals surface area contributed by atoms with Crippen molar-refractivity contribution in [2.45, 2.75) is 153 Å². The normalized spacial score (nSPS) is 24.6. The average molecular weight is 598 g/mol. The van der Waals surface area contributed by atoms with Crippen LogP contribution in [0.15, 0.2) is 36.5 Å². The van der Waals surface area contributed by atoms with Gasteiger partial charge in [-0.2, -0.15) is 0 Å². The molecule has 0 aromatic carbocycles. The van der Waals surface area contributed by atoms with E-state index in [1.165, 1.54) is 12.8 Å². The number of aliphatic hydroxyl groups excluding tert-OH is 5. The van der Waals surface area contributed by atoms with Gasteiger partial charge in [-0.1, -0.05) is 95.2 Å². The molecule has 42 heavy (non-hydrogen) atoms. The summed E-state index contributed by atoms with van der Waals surface area (Å²) in [5.74, 6) is -0.206. The SMILES string of the molecule is CCCC/C=C\CCCCCCCC(=O)NC(COC1OC(CO)C(O)C(O)C1O)C(O)/C=C/CC/C=C/CCCC. The third kappa shape index (κ3) is 16.9. The number of hydrogen-bond acceptors (Lipinski definition) is 8. The zero-order valence-corrected chi connectivity index (χ0v) is 26.0. The van der Waals surface area contributed by atoms with Gasteiger partial charge < -0.3 is 40.3 Å². The molecule has 1 saturated heterocycles. The molecule has 7 atom stereocenters. The average Bonchev–Trinajstić information content (AvgIpc) is 2.98. The Morgan fingerprint density at radius 2 is 1.36 bits per heavy atom. The lowest BCUT2D eigenvalue weighted by molar-refractivity contribution is -0.302. The molecule has 0 aromatic rings. The highest BCUT2D eigenvalue weighted by atomic mass is 16.7. The van der Waals surface area contributed by atoms with Gasteiger partial charge in [-0.05, 0) is 44.9 Å². The molecule has 0 spiro atoms. The Hall–Kier alpha value is -1.59. The van der Waals surface area contributed by atoms with Crippen molar-refractivity contribution in [3.05, 3.63) is 36.5 Å². The number of allylic oxidation sites excluding steroid dienone is 5. The lowest BCUT2D eigenvalue weighted by atomic mass is 9.99. The molecule has 0 aliphatic carbocycles. The summed E-state index contributed by atoms with van der Waals surface area (Å²) in [5, 5.41) is 53.4. The number of hydrogen-bond donors (Lipinski definition) is 6. The Labute approximate surface area is 253 Å². The maximum absolute atomic E-state index is 12.7. The zero-order valence-electron chi connectivity index (χ0n) is 26.0. The number of carbonyl (C=O) groups is 1. The van der Waals surface area contributed by atoms with Crippen LogP contribution in [0.4, 0.5) is 0 Å². The van der Waals surface area contributed by atoms with Crippen LogP contribution in [0.25, 0.3) is 0 Å². The summed E-state index contributed by atoms with van der Waals surface area (Å²) in [6, 6.07) is -0.819. The van der Waals surface area contributed by atoms with Gasteiger partial charge in [0.1, 0.15) is 24.4 Å². The van der Waals surface area contributed by atoms with E-state index in [0.717, 1.165) is 77.0 Å². The summed E-state index contributed by atoms with van der Waals surface area (Å²) in [6.07, 6.45) is 19.2. The molecule has 1 aliphatic rings. The minimum absolute atomic E-state index is 0.206. The predicted octanol–water partition coefficient (Wildman–Crippen LogP) is 4.21. The van der Waals surface area contributed by atoms with E-state index in [1.54, 1.807) is 6.08 Å². The molecular formula is C33H59NO8. The van der Waals surface area contributed by atoms with Crippen molar-refractivity contribution in [1.82, 2.24) is 5.32 Å². The lowest BCUT2D eigenvalue weighted by Crippen LogP contribution is -2.60. The number of nitrogens with one attached hydrogen (secondary N) is 1. The van der Waals surface area contributed by atoms with Crippen molar-refractivity contribution < 1.29 is 39.8 Å². The molecule has 0 bridgehead atoms. The molecule has 0 saturated carbocycles. The second-order valence-electron chi connectivity index (χ2n) is 11.2. The van der Waals surface area contributed by atoms with Gasteiger partial charge >= 0.3 is 0 Å². The molecule has 1 aliphatic heterocycles. The van der Waals surface area contributed by atoms with Gasteiger partial charge in [0.15, 0.2) is 6.29 Å². The van der Waals surface area contributed by atoms with Crippen LogP contribution in [0.1, 0.15) is 110 Å². The molecule has 9 heteroatoms. The summed E-state index contributed by atoms with van der Waals surface area (Å²) >= 11 is 0. The Morgan fingerprint density at radius 3 is 2.00 bits per heavy atom. The molecule has 1 heterocycles. The fourth-order valence-electron chi connectivity index (χ4n) is 4.66. The highest BCUT2D eigenvalue weighted by Crippen LogP contribution is 2.22. The molecule has 1 amide bonds. The van der Waals surface area contributed by atoms with E-state index in [1.807, 2.05) is 6.08 Å². The van der Waals surface area contributed by atoms with Gasteiger partial charge in [-0.3, -0.25) is 4.79 Å². The molecule has 244 valence electrons. The van der Waals surface area contributed by atoms with Crippen molar-refractivity contribution in [3.63, 3.8) is 0 Å². The van der Waals surface area contributed by atoms with Crippen molar-refractivity contribution in [2.24, 2.45) is 0 Å². The van der Waals surface area contributed by atoms with Gasteiger partial charge in [0.25, 0.3) is 0 Å². The van der Waals surface area contributed by atoms with E-state index in [2.05, 4.69) is 43.5 Å². The fraction of sp³-hybridized carbons (Fsp3) is 0.788. The quantitative estimate of drug-likeness (QED) is 0.0716. The van der Waals surface area contributed by atoms with Crippen molar-refractivity contribution in [3.8, 4) is 0 Å². The Morgan fingerprint density at radius 1 is 0.786 bits per heavy atom. The van der Waals surface area contributed by atoms with Gasteiger partial charge in [-0.25, -0.2) is 0 Å². The van der Waals surface area contributed by atoms with E-state index in [0.29, 0.717) is 6.42 Å². The Bertz CT molecular complexity index is 756. The third-order valence-corrected chi connectivity index (χ3v) is 7.44. The molecule has 1 fully saturated rings. The van der Waals surface area contributed by atoms with E-state index in [4.69, 9.17) is 9.47 Å². The zero-order chi connectivity index (χ0) is 31.0. The van der Waals surface area contributed by atoms with Crippen molar-refractivity contribution in [1.29, 1.82) is 0 Å². The van der Waals surface area contributed by atoms with Gasteiger partial charge in [0, 0.05) is 6.42 Å². The van der Waals surface area contributed by atoms with Crippen LogP contribution in [0.2, 0.25) is 0 Å². The van der Waals surface area contributed by atoms with Crippen molar-refractivity contribution in [2.75, 3.05) is 13.2 Å². The first-order chi connectivity index (χ1) is 20.3. The van der Waals surface area contributed by atoms with E-state index < -0.39 is 49.5 Å². The summed E-state index contributed by atoms with van der Waals surface area (Å²) in [6.45, 7) is 3.58. The first-order valence-corrected chi connectivity index (χ1v) is 16.2. The topological polar surface area (TPSA) is 149 Å². The van der Waals surface area contributed by atoms with Crippen molar-refractivity contribution >= 4 is 5.91 Å². The Balaban J connectivity index is 2.57. The minimum Gasteiger partial charge on any atom is -0.394 e. The van der Waals surface area contributed by atoms with E-state index in [-0.39, 0.29) is 12.5 Å². The van der Waals surface area contributed by atoms with E-state index >= 15 is 0 Å². The van der Waals surface area contributed by atoms with Gasteiger partial charge in [0.05, 0.1) is 25.4 Å². The van der Waals surface area contributed by atoms with E-state index in [9.17, 15) is 30.3 Å². The van der Waals surface area contributed by atoms with Crippen LogP contribution in [-0.4, -0.2) is 87.5 Å². The number of amides is 1. The molecule has 7 unspecified atom stereocenters. The number of rotatable bonds is 24. The first-order valence-electron chi connectivity index (χ1n) is 16.2. The number of aliphatic hydroxyl groups is 5. The lowest BCUT2D eigenvalue weighted by Gasteiger charge is -2.40. The third-order valence-electron chi connectivity index (χ3n) is 7.44. The monoisotopic (exact) mass is 597 g/mol.